The smallest absolute Gasteiger partial charge is 0.0107 e. The van der Waals surface area contributed by atoms with Crippen molar-refractivity contribution < 1.29 is 0 Å². The monoisotopic (exact) mass is 224 g/mol. The molecule has 0 atom stereocenters. The third kappa shape index (κ3) is 5.31. The molecule has 0 aliphatic heterocycles. The Morgan fingerprint density at radius 2 is 1.62 bits per heavy atom. The Morgan fingerprint density at radius 1 is 1.00 bits per heavy atom. The summed E-state index contributed by atoms with van der Waals surface area (Å²) in [6.45, 7) is 8.69. The molecule has 2 saturated carbocycles. The third-order valence-corrected chi connectivity index (χ3v) is 3.74. The van der Waals surface area contributed by atoms with Crippen molar-refractivity contribution in [2.75, 3.05) is 32.7 Å². The Hall–Kier alpha value is -0.0800. The van der Waals surface area contributed by atoms with Crippen LogP contribution in [0.25, 0.3) is 0 Å². The van der Waals surface area contributed by atoms with Gasteiger partial charge in [0.15, 0.2) is 0 Å². The van der Waals surface area contributed by atoms with Crippen molar-refractivity contribution in [3.8, 4) is 0 Å². The largest absolute Gasteiger partial charge is 0.315 e. The van der Waals surface area contributed by atoms with E-state index in [-0.39, 0.29) is 0 Å². The topological polar surface area (TPSA) is 15.3 Å². The molecule has 16 heavy (non-hydrogen) atoms. The predicted octanol–water partition coefficient (Wildman–Crippen LogP) is 2.50. The molecule has 0 unspecified atom stereocenters. The Balaban J connectivity index is 1.53. The molecule has 94 valence electrons. The van der Waals surface area contributed by atoms with Gasteiger partial charge in [-0.05, 0) is 50.5 Å². The number of unbranched alkanes of at least 4 members (excludes halogenated alkanes) is 1. The summed E-state index contributed by atoms with van der Waals surface area (Å²) in [4.78, 5) is 2.72. The minimum Gasteiger partial charge on any atom is -0.315 e. The molecule has 0 spiro atoms. The molecular formula is C14H28N2. The summed E-state index contributed by atoms with van der Waals surface area (Å²) in [6, 6.07) is 0. The molecule has 0 saturated heterocycles. The van der Waals surface area contributed by atoms with Gasteiger partial charge in [-0.1, -0.05) is 13.3 Å². The lowest BCUT2D eigenvalue weighted by Crippen LogP contribution is -2.35. The van der Waals surface area contributed by atoms with Crippen LogP contribution in [0.4, 0.5) is 0 Å². The van der Waals surface area contributed by atoms with Crippen molar-refractivity contribution in [1.29, 1.82) is 0 Å². The van der Waals surface area contributed by atoms with Crippen LogP contribution in [-0.4, -0.2) is 37.6 Å². The fraction of sp³-hybridized carbons (Fsp3) is 1.00. The van der Waals surface area contributed by atoms with E-state index in [1.54, 1.807) is 0 Å². The van der Waals surface area contributed by atoms with E-state index in [2.05, 4.69) is 17.1 Å². The Morgan fingerprint density at radius 3 is 2.12 bits per heavy atom. The highest BCUT2D eigenvalue weighted by atomic mass is 15.1. The first kappa shape index (κ1) is 12.4. The van der Waals surface area contributed by atoms with E-state index >= 15 is 0 Å². The van der Waals surface area contributed by atoms with Crippen LogP contribution in [0, 0.1) is 11.8 Å². The highest BCUT2D eigenvalue weighted by molar-refractivity contribution is 4.82. The van der Waals surface area contributed by atoms with Crippen LogP contribution < -0.4 is 5.32 Å². The molecule has 0 bridgehead atoms. The van der Waals surface area contributed by atoms with Crippen LogP contribution in [0.1, 0.15) is 45.4 Å². The summed E-state index contributed by atoms with van der Waals surface area (Å²) in [5.74, 6) is 2.10. The summed E-state index contributed by atoms with van der Waals surface area (Å²) >= 11 is 0. The molecule has 2 aliphatic carbocycles. The lowest BCUT2D eigenvalue weighted by molar-refractivity contribution is 0.252. The zero-order valence-electron chi connectivity index (χ0n) is 10.9. The molecule has 0 radical (unpaired) electrons. The average molecular weight is 224 g/mol. The average Bonchev–Trinajstić information content (AvgIpc) is 3.12. The maximum absolute atomic E-state index is 3.56. The Bertz CT molecular complexity index is 171. The zero-order chi connectivity index (χ0) is 11.2. The van der Waals surface area contributed by atoms with Crippen molar-refractivity contribution >= 4 is 0 Å². The highest BCUT2D eigenvalue weighted by Gasteiger charge is 2.28. The third-order valence-electron chi connectivity index (χ3n) is 3.74. The van der Waals surface area contributed by atoms with Crippen molar-refractivity contribution in [3.63, 3.8) is 0 Å². The summed E-state index contributed by atoms with van der Waals surface area (Å²) in [6.07, 6.45) is 8.59. The molecule has 1 N–H and O–H groups in total. The minimum absolute atomic E-state index is 1.05. The maximum Gasteiger partial charge on any atom is 0.0107 e. The van der Waals surface area contributed by atoms with Gasteiger partial charge in [0.2, 0.25) is 0 Å². The van der Waals surface area contributed by atoms with Gasteiger partial charge in [0, 0.05) is 26.2 Å². The van der Waals surface area contributed by atoms with Crippen LogP contribution >= 0.6 is 0 Å². The van der Waals surface area contributed by atoms with Gasteiger partial charge in [-0.2, -0.15) is 0 Å². The van der Waals surface area contributed by atoms with E-state index in [0.717, 1.165) is 11.8 Å². The van der Waals surface area contributed by atoms with Gasteiger partial charge < -0.3 is 10.2 Å². The molecule has 2 nitrogen and oxygen atoms in total. The number of hydrogen-bond acceptors (Lipinski definition) is 2. The van der Waals surface area contributed by atoms with Crippen LogP contribution in [0.2, 0.25) is 0 Å². The lowest BCUT2D eigenvalue weighted by atomic mass is 10.3. The standard InChI is InChI=1S/C14H28N2/c1-2-3-8-15-9-10-16(11-13-4-5-13)12-14-6-7-14/h13-15H,2-12H2,1H3. The number of nitrogens with one attached hydrogen (secondary N) is 1. The molecular weight excluding hydrogens is 196 g/mol. The van der Waals surface area contributed by atoms with Gasteiger partial charge >= 0.3 is 0 Å². The molecule has 0 aromatic carbocycles. The highest BCUT2D eigenvalue weighted by Crippen LogP contribution is 2.33. The van der Waals surface area contributed by atoms with Gasteiger partial charge in [-0.3, -0.25) is 0 Å². The van der Waals surface area contributed by atoms with Gasteiger partial charge in [0.25, 0.3) is 0 Å². The van der Waals surface area contributed by atoms with Gasteiger partial charge in [0.05, 0.1) is 0 Å². The second-order valence-corrected chi connectivity index (χ2v) is 5.75. The van der Waals surface area contributed by atoms with Crippen LogP contribution in [-0.2, 0) is 0 Å². The predicted molar refractivity (Wildman–Crippen MR) is 69.7 cm³/mol. The normalized spacial score (nSPS) is 20.6. The maximum atomic E-state index is 3.56. The summed E-state index contributed by atoms with van der Waals surface area (Å²) < 4.78 is 0. The molecule has 0 aromatic rings. The van der Waals surface area contributed by atoms with E-state index in [1.165, 1.54) is 71.2 Å². The number of hydrogen-bond donors (Lipinski definition) is 1. The number of nitrogens with zero attached hydrogens (tertiary/aromatic N) is 1. The van der Waals surface area contributed by atoms with Crippen molar-refractivity contribution in [2.24, 2.45) is 11.8 Å². The molecule has 0 aromatic heterocycles. The van der Waals surface area contributed by atoms with Gasteiger partial charge in [0.1, 0.15) is 0 Å². The molecule has 2 aliphatic rings. The molecule has 2 fully saturated rings. The van der Waals surface area contributed by atoms with E-state index in [9.17, 15) is 0 Å². The molecule has 0 heterocycles. The lowest BCUT2D eigenvalue weighted by Gasteiger charge is -2.22. The van der Waals surface area contributed by atoms with E-state index in [0.29, 0.717) is 0 Å². The fourth-order valence-corrected chi connectivity index (χ4v) is 2.25. The molecule has 0 amide bonds. The fourth-order valence-electron chi connectivity index (χ4n) is 2.25. The van der Waals surface area contributed by atoms with Crippen molar-refractivity contribution in [2.45, 2.75) is 45.4 Å². The van der Waals surface area contributed by atoms with Crippen LogP contribution in [0.3, 0.4) is 0 Å². The van der Waals surface area contributed by atoms with E-state index < -0.39 is 0 Å². The van der Waals surface area contributed by atoms with Crippen molar-refractivity contribution in [1.82, 2.24) is 10.2 Å². The zero-order valence-corrected chi connectivity index (χ0v) is 10.9. The first-order valence-corrected chi connectivity index (χ1v) is 7.31. The Labute approximate surface area is 101 Å². The summed E-state index contributed by atoms with van der Waals surface area (Å²) in [7, 11) is 0. The number of rotatable bonds is 10. The van der Waals surface area contributed by atoms with E-state index in [4.69, 9.17) is 0 Å². The van der Waals surface area contributed by atoms with Crippen molar-refractivity contribution in [3.05, 3.63) is 0 Å². The van der Waals surface area contributed by atoms with E-state index in [1.807, 2.05) is 0 Å². The van der Waals surface area contributed by atoms with Crippen LogP contribution in [0.15, 0.2) is 0 Å². The quantitative estimate of drug-likeness (QED) is 0.574. The first-order chi connectivity index (χ1) is 7.88. The second kappa shape index (κ2) is 6.61. The summed E-state index contributed by atoms with van der Waals surface area (Å²) in [5.41, 5.74) is 0. The minimum atomic E-state index is 1.05. The van der Waals surface area contributed by atoms with Gasteiger partial charge in [-0.25, -0.2) is 0 Å². The molecule has 2 heteroatoms. The first-order valence-electron chi connectivity index (χ1n) is 7.31. The Kier molecular flexibility index (Phi) is 5.11. The second-order valence-electron chi connectivity index (χ2n) is 5.75. The SMILES string of the molecule is CCCCNCCN(CC1CC1)CC1CC1. The summed E-state index contributed by atoms with van der Waals surface area (Å²) in [5, 5.41) is 3.56. The van der Waals surface area contributed by atoms with Gasteiger partial charge in [-0.15, -0.1) is 0 Å². The molecule has 2 rings (SSSR count). The van der Waals surface area contributed by atoms with Crippen LogP contribution in [0.5, 0.6) is 0 Å².